The summed E-state index contributed by atoms with van der Waals surface area (Å²) in [6.45, 7) is 0. The highest BCUT2D eigenvalue weighted by Gasteiger charge is 2.07. The third-order valence-corrected chi connectivity index (χ3v) is 3.04. The Labute approximate surface area is 117 Å². The average molecular weight is 265 g/mol. The molecule has 0 aliphatic rings. The van der Waals surface area contributed by atoms with E-state index in [9.17, 15) is 0 Å². The van der Waals surface area contributed by atoms with Gasteiger partial charge in [0, 0.05) is 5.69 Å². The van der Waals surface area contributed by atoms with Crippen molar-refractivity contribution in [1.29, 1.82) is 0 Å². The van der Waals surface area contributed by atoms with Gasteiger partial charge in [0.15, 0.2) is 0 Å². The quantitative estimate of drug-likeness (QED) is 0.737. The van der Waals surface area contributed by atoms with Crippen LogP contribution in [0.15, 0.2) is 59.0 Å². The van der Waals surface area contributed by atoms with Gasteiger partial charge >= 0.3 is 0 Å². The predicted molar refractivity (Wildman–Crippen MR) is 77.2 cm³/mol. The van der Waals surface area contributed by atoms with Crippen LogP contribution in [-0.4, -0.2) is 10.2 Å². The summed E-state index contributed by atoms with van der Waals surface area (Å²) in [4.78, 5) is 0. The molecule has 2 aromatic carbocycles. The molecule has 0 bridgehead atoms. The van der Waals surface area contributed by atoms with Gasteiger partial charge in [-0.2, -0.15) is 0 Å². The number of rotatable bonds is 4. The molecule has 100 valence electrons. The van der Waals surface area contributed by atoms with Crippen molar-refractivity contribution in [1.82, 2.24) is 10.2 Å². The van der Waals surface area contributed by atoms with Crippen LogP contribution in [0.5, 0.6) is 0 Å². The van der Waals surface area contributed by atoms with Crippen LogP contribution in [0.4, 0.5) is 5.69 Å². The van der Waals surface area contributed by atoms with Gasteiger partial charge in [-0.05, 0) is 23.3 Å². The highest BCUT2D eigenvalue weighted by Crippen LogP contribution is 2.13. The molecule has 4 nitrogen and oxygen atoms in total. The zero-order valence-corrected chi connectivity index (χ0v) is 11.0. The van der Waals surface area contributed by atoms with Crippen LogP contribution >= 0.6 is 0 Å². The Balaban J connectivity index is 1.69. The van der Waals surface area contributed by atoms with Crippen LogP contribution in [-0.2, 0) is 12.8 Å². The van der Waals surface area contributed by atoms with E-state index in [1.54, 1.807) is 0 Å². The van der Waals surface area contributed by atoms with Crippen molar-refractivity contribution < 1.29 is 4.42 Å². The minimum atomic E-state index is 0.626. The van der Waals surface area contributed by atoms with Gasteiger partial charge < -0.3 is 10.2 Å². The third kappa shape index (κ3) is 3.03. The minimum Gasteiger partial charge on any atom is -0.425 e. The van der Waals surface area contributed by atoms with Crippen LogP contribution < -0.4 is 5.73 Å². The second-order valence-corrected chi connectivity index (χ2v) is 4.67. The molecule has 3 rings (SSSR count). The van der Waals surface area contributed by atoms with Gasteiger partial charge in [-0.3, -0.25) is 0 Å². The molecule has 3 aromatic rings. The molecule has 1 heterocycles. The standard InChI is InChI=1S/C16H15N3O/c17-14-8-6-13(7-9-14)11-16-19-18-15(20-16)10-12-4-2-1-3-5-12/h1-9H,10-11,17H2. The summed E-state index contributed by atoms with van der Waals surface area (Å²) >= 11 is 0. The lowest BCUT2D eigenvalue weighted by atomic mass is 10.1. The van der Waals surface area contributed by atoms with Gasteiger partial charge in [0.1, 0.15) is 0 Å². The predicted octanol–water partition coefficient (Wildman–Crippen LogP) is 2.83. The summed E-state index contributed by atoms with van der Waals surface area (Å²) in [5.74, 6) is 1.27. The number of nitrogens with two attached hydrogens (primary N) is 1. The molecule has 1 aromatic heterocycles. The van der Waals surface area contributed by atoms with Gasteiger partial charge in [-0.25, -0.2) is 0 Å². The van der Waals surface area contributed by atoms with Crippen LogP contribution in [0.1, 0.15) is 22.9 Å². The van der Waals surface area contributed by atoms with E-state index in [1.165, 1.54) is 0 Å². The first-order valence-electron chi connectivity index (χ1n) is 6.49. The summed E-state index contributed by atoms with van der Waals surface area (Å²) < 4.78 is 5.67. The summed E-state index contributed by atoms with van der Waals surface area (Å²) in [5, 5.41) is 8.17. The van der Waals surface area contributed by atoms with Gasteiger partial charge in [0.25, 0.3) is 0 Å². The van der Waals surface area contributed by atoms with Gasteiger partial charge in [-0.1, -0.05) is 42.5 Å². The smallest absolute Gasteiger partial charge is 0.220 e. The number of nitrogen functional groups attached to an aromatic ring is 1. The number of hydrogen-bond donors (Lipinski definition) is 1. The van der Waals surface area contributed by atoms with E-state index < -0.39 is 0 Å². The summed E-state index contributed by atoms with van der Waals surface area (Å²) in [7, 11) is 0. The third-order valence-electron chi connectivity index (χ3n) is 3.04. The van der Waals surface area contributed by atoms with Gasteiger partial charge in [0.2, 0.25) is 11.8 Å². The van der Waals surface area contributed by atoms with Crippen molar-refractivity contribution in [3.05, 3.63) is 77.5 Å². The van der Waals surface area contributed by atoms with E-state index in [2.05, 4.69) is 10.2 Å². The van der Waals surface area contributed by atoms with E-state index in [-0.39, 0.29) is 0 Å². The highest BCUT2D eigenvalue weighted by molar-refractivity contribution is 5.39. The fourth-order valence-corrected chi connectivity index (χ4v) is 2.01. The Bertz CT molecular complexity index is 674. The first kappa shape index (κ1) is 12.4. The molecule has 0 radical (unpaired) electrons. The molecule has 4 heteroatoms. The van der Waals surface area contributed by atoms with E-state index in [0.717, 1.165) is 16.8 Å². The Morgan fingerprint density at radius 3 is 1.90 bits per heavy atom. The van der Waals surface area contributed by atoms with E-state index in [4.69, 9.17) is 10.2 Å². The van der Waals surface area contributed by atoms with E-state index in [1.807, 2.05) is 54.6 Å². The van der Waals surface area contributed by atoms with Crippen molar-refractivity contribution >= 4 is 5.69 Å². The molecule has 0 spiro atoms. The highest BCUT2D eigenvalue weighted by atomic mass is 16.4. The lowest BCUT2D eigenvalue weighted by Gasteiger charge is -1.98. The molecule has 20 heavy (non-hydrogen) atoms. The van der Waals surface area contributed by atoms with Crippen molar-refractivity contribution in [2.45, 2.75) is 12.8 Å². The Morgan fingerprint density at radius 1 is 0.750 bits per heavy atom. The molecule has 2 N–H and O–H groups in total. The topological polar surface area (TPSA) is 64.9 Å². The van der Waals surface area contributed by atoms with Crippen molar-refractivity contribution in [3.63, 3.8) is 0 Å². The van der Waals surface area contributed by atoms with Crippen molar-refractivity contribution in [3.8, 4) is 0 Å². The molecule has 0 atom stereocenters. The summed E-state index contributed by atoms with van der Waals surface area (Å²) in [5.41, 5.74) is 8.68. The van der Waals surface area contributed by atoms with E-state index in [0.29, 0.717) is 24.6 Å². The largest absolute Gasteiger partial charge is 0.425 e. The molecule has 0 aliphatic heterocycles. The molecule has 0 saturated carbocycles. The second kappa shape index (κ2) is 5.57. The average Bonchev–Trinajstić information content (AvgIpc) is 2.90. The minimum absolute atomic E-state index is 0.626. The molecule has 0 saturated heterocycles. The molecule has 0 amide bonds. The number of benzene rings is 2. The number of aromatic nitrogens is 2. The monoisotopic (exact) mass is 265 g/mol. The lowest BCUT2D eigenvalue weighted by molar-refractivity contribution is 0.466. The maximum atomic E-state index is 5.67. The zero-order chi connectivity index (χ0) is 13.8. The molecule has 0 fully saturated rings. The van der Waals surface area contributed by atoms with Crippen LogP contribution in [0.25, 0.3) is 0 Å². The van der Waals surface area contributed by atoms with Gasteiger partial charge in [0.05, 0.1) is 12.8 Å². The number of anilines is 1. The molecule has 0 aliphatic carbocycles. The first-order valence-corrected chi connectivity index (χ1v) is 6.49. The maximum absolute atomic E-state index is 5.67. The maximum Gasteiger partial charge on any atom is 0.220 e. The zero-order valence-electron chi connectivity index (χ0n) is 11.0. The SMILES string of the molecule is Nc1ccc(Cc2nnc(Cc3ccccc3)o2)cc1. The second-order valence-electron chi connectivity index (χ2n) is 4.67. The van der Waals surface area contributed by atoms with Gasteiger partial charge in [-0.15, -0.1) is 10.2 Å². The normalized spacial score (nSPS) is 10.6. The summed E-state index contributed by atoms with van der Waals surface area (Å²) in [6.07, 6.45) is 1.29. The molecular weight excluding hydrogens is 250 g/mol. The first-order chi connectivity index (χ1) is 9.79. The van der Waals surface area contributed by atoms with Crippen molar-refractivity contribution in [2.24, 2.45) is 0 Å². The van der Waals surface area contributed by atoms with Crippen LogP contribution in [0.2, 0.25) is 0 Å². The van der Waals surface area contributed by atoms with Crippen LogP contribution in [0.3, 0.4) is 0 Å². The number of nitrogens with zero attached hydrogens (tertiary/aromatic N) is 2. The van der Waals surface area contributed by atoms with Crippen molar-refractivity contribution in [2.75, 3.05) is 5.73 Å². The van der Waals surface area contributed by atoms with Crippen LogP contribution in [0, 0.1) is 0 Å². The molecular formula is C16H15N3O. The fraction of sp³-hybridized carbons (Fsp3) is 0.125. The Morgan fingerprint density at radius 2 is 1.30 bits per heavy atom. The Kier molecular flexibility index (Phi) is 3.46. The van der Waals surface area contributed by atoms with E-state index >= 15 is 0 Å². The fourth-order valence-electron chi connectivity index (χ4n) is 2.01. The number of hydrogen-bond acceptors (Lipinski definition) is 4. The molecule has 0 unspecified atom stereocenters. The lowest BCUT2D eigenvalue weighted by Crippen LogP contribution is -1.90. The summed E-state index contributed by atoms with van der Waals surface area (Å²) in [6, 6.07) is 17.8. The Hall–Kier alpha value is -2.62.